The monoisotopic (exact) mass is 316 g/mol. The van der Waals surface area contributed by atoms with Crippen LogP contribution in [0.1, 0.15) is 22.6 Å². The predicted molar refractivity (Wildman–Crippen MR) is 86.8 cm³/mol. The third-order valence-electron chi connectivity index (χ3n) is 3.83. The number of rotatable bonds is 5. The number of nitrogens with one attached hydrogen (secondary N) is 1. The number of hydrogen-bond donors (Lipinski definition) is 1. The van der Waals surface area contributed by atoms with Crippen molar-refractivity contribution in [2.45, 2.75) is 26.3 Å². The van der Waals surface area contributed by atoms with Gasteiger partial charge < -0.3 is 5.32 Å². The summed E-state index contributed by atoms with van der Waals surface area (Å²) >= 11 is 1.69. The number of amides is 1. The van der Waals surface area contributed by atoms with Gasteiger partial charge in [-0.25, -0.2) is 9.97 Å². The molecule has 5 nitrogen and oxygen atoms in total. The molecule has 0 aliphatic carbocycles. The molecule has 0 spiro atoms. The van der Waals surface area contributed by atoms with Crippen LogP contribution >= 0.6 is 11.3 Å². The van der Waals surface area contributed by atoms with Crippen molar-refractivity contribution >= 4 is 17.2 Å². The Morgan fingerprint density at radius 1 is 1.50 bits per heavy atom. The molecule has 0 radical (unpaired) electrons. The molecule has 2 aromatic rings. The zero-order valence-electron chi connectivity index (χ0n) is 12.7. The Hall–Kier alpha value is -1.79. The first-order valence-corrected chi connectivity index (χ1v) is 8.46. The van der Waals surface area contributed by atoms with E-state index in [-0.39, 0.29) is 5.91 Å². The molecule has 0 bridgehead atoms. The van der Waals surface area contributed by atoms with E-state index in [1.807, 2.05) is 13.1 Å². The third-order valence-corrected chi connectivity index (χ3v) is 4.56. The van der Waals surface area contributed by atoms with Crippen molar-refractivity contribution < 1.29 is 4.79 Å². The maximum absolute atomic E-state index is 12.0. The van der Waals surface area contributed by atoms with Gasteiger partial charge in [-0.15, -0.1) is 0 Å². The Morgan fingerprint density at radius 2 is 2.41 bits per heavy atom. The lowest BCUT2D eigenvalue weighted by Crippen LogP contribution is -2.40. The Labute approximate surface area is 134 Å². The molecule has 0 fully saturated rings. The van der Waals surface area contributed by atoms with Gasteiger partial charge in [0.05, 0.1) is 12.2 Å². The van der Waals surface area contributed by atoms with Crippen molar-refractivity contribution in [2.24, 2.45) is 0 Å². The summed E-state index contributed by atoms with van der Waals surface area (Å²) in [4.78, 5) is 22.9. The molecule has 0 aromatic carbocycles. The second-order valence-electron chi connectivity index (χ2n) is 5.58. The quantitative estimate of drug-likeness (QED) is 0.909. The van der Waals surface area contributed by atoms with Gasteiger partial charge >= 0.3 is 0 Å². The van der Waals surface area contributed by atoms with Gasteiger partial charge in [0.1, 0.15) is 5.82 Å². The molecule has 3 heterocycles. The molecule has 0 atom stereocenters. The zero-order valence-corrected chi connectivity index (χ0v) is 13.5. The molecule has 0 saturated carbocycles. The number of aryl methyl sites for hydroxylation is 1. The summed E-state index contributed by atoms with van der Waals surface area (Å²) in [5.41, 5.74) is 3.55. The summed E-state index contributed by atoms with van der Waals surface area (Å²) in [6.45, 7) is 4.65. The summed E-state index contributed by atoms with van der Waals surface area (Å²) in [5.74, 6) is 0.880. The first kappa shape index (κ1) is 15.1. The Balaban J connectivity index is 1.46. The lowest BCUT2D eigenvalue weighted by molar-refractivity contribution is -0.122. The first-order valence-electron chi connectivity index (χ1n) is 7.52. The van der Waals surface area contributed by atoms with Crippen LogP contribution in [0.25, 0.3) is 0 Å². The van der Waals surface area contributed by atoms with Crippen LogP contribution in [-0.4, -0.2) is 40.4 Å². The van der Waals surface area contributed by atoms with E-state index in [0.29, 0.717) is 13.1 Å². The van der Waals surface area contributed by atoms with E-state index in [4.69, 9.17) is 0 Å². The first-order chi connectivity index (χ1) is 10.7. The molecule has 0 saturated heterocycles. The van der Waals surface area contributed by atoms with Crippen LogP contribution in [0.5, 0.6) is 0 Å². The van der Waals surface area contributed by atoms with Crippen molar-refractivity contribution in [2.75, 3.05) is 19.6 Å². The van der Waals surface area contributed by atoms with Gasteiger partial charge in [-0.3, -0.25) is 9.69 Å². The Bertz CT molecular complexity index is 642. The van der Waals surface area contributed by atoms with E-state index in [1.54, 1.807) is 11.3 Å². The van der Waals surface area contributed by atoms with Crippen LogP contribution in [0.2, 0.25) is 0 Å². The normalized spacial score (nSPS) is 14.6. The molecule has 1 aliphatic rings. The summed E-state index contributed by atoms with van der Waals surface area (Å²) in [7, 11) is 0. The number of aromatic nitrogens is 2. The van der Waals surface area contributed by atoms with E-state index in [2.05, 4.69) is 37.0 Å². The van der Waals surface area contributed by atoms with Gasteiger partial charge in [0.25, 0.3) is 0 Å². The smallest absolute Gasteiger partial charge is 0.234 e. The average molecular weight is 316 g/mol. The van der Waals surface area contributed by atoms with E-state index in [9.17, 15) is 4.79 Å². The highest BCUT2D eigenvalue weighted by Gasteiger charge is 2.19. The van der Waals surface area contributed by atoms with Crippen LogP contribution in [0.3, 0.4) is 0 Å². The summed E-state index contributed by atoms with van der Waals surface area (Å²) in [6, 6.07) is 2.10. The minimum Gasteiger partial charge on any atom is -0.355 e. The zero-order chi connectivity index (χ0) is 15.4. The molecular formula is C16H20N4OS. The molecule has 22 heavy (non-hydrogen) atoms. The van der Waals surface area contributed by atoms with Crippen molar-refractivity contribution in [3.05, 3.63) is 45.7 Å². The number of hydrogen-bond acceptors (Lipinski definition) is 5. The Morgan fingerprint density at radius 3 is 3.23 bits per heavy atom. The van der Waals surface area contributed by atoms with Crippen LogP contribution in [0, 0.1) is 6.92 Å². The van der Waals surface area contributed by atoms with Crippen LogP contribution < -0.4 is 5.32 Å². The maximum atomic E-state index is 12.0. The Kier molecular flexibility index (Phi) is 4.80. The topological polar surface area (TPSA) is 58.1 Å². The largest absolute Gasteiger partial charge is 0.355 e. The van der Waals surface area contributed by atoms with E-state index >= 15 is 0 Å². The maximum Gasteiger partial charge on any atom is 0.234 e. The minimum atomic E-state index is 0.0875. The highest BCUT2D eigenvalue weighted by atomic mass is 32.1. The van der Waals surface area contributed by atoms with Crippen molar-refractivity contribution in [3.8, 4) is 0 Å². The second-order valence-corrected chi connectivity index (χ2v) is 6.36. The standard InChI is InChI=1S/C16H20N4OS/c1-12-18-8-14-3-6-20(9-15(14)19-12)10-16(21)17-5-2-13-4-7-22-11-13/h4,7-8,11H,2-3,5-6,9-10H2,1H3,(H,17,21). The SMILES string of the molecule is Cc1ncc2c(n1)CN(CC(=O)NCCc1ccsc1)CC2. The fourth-order valence-corrected chi connectivity index (χ4v) is 3.34. The van der Waals surface area contributed by atoms with Gasteiger partial charge in [0.2, 0.25) is 5.91 Å². The fraction of sp³-hybridized carbons (Fsp3) is 0.438. The lowest BCUT2D eigenvalue weighted by Gasteiger charge is -2.27. The molecule has 1 N–H and O–H groups in total. The second kappa shape index (κ2) is 6.98. The van der Waals surface area contributed by atoms with Gasteiger partial charge in [0, 0.05) is 25.8 Å². The van der Waals surface area contributed by atoms with E-state index in [0.717, 1.165) is 37.4 Å². The van der Waals surface area contributed by atoms with Crippen molar-refractivity contribution in [1.82, 2.24) is 20.2 Å². The summed E-state index contributed by atoms with van der Waals surface area (Å²) in [6.07, 6.45) is 3.72. The average Bonchev–Trinajstić information content (AvgIpc) is 3.00. The van der Waals surface area contributed by atoms with Crippen LogP contribution in [0.15, 0.2) is 23.0 Å². The molecule has 6 heteroatoms. The van der Waals surface area contributed by atoms with Crippen LogP contribution in [-0.2, 0) is 24.2 Å². The molecule has 3 rings (SSSR count). The predicted octanol–water partition coefficient (Wildman–Crippen LogP) is 1.56. The van der Waals surface area contributed by atoms with Gasteiger partial charge in [-0.1, -0.05) is 0 Å². The van der Waals surface area contributed by atoms with E-state index in [1.165, 1.54) is 11.1 Å². The van der Waals surface area contributed by atoms with Gasteiger partial charge in [0.15, 0.2) is 0 Å². The van der Waals surface area contributed by atoms with Gasteiger partial charge in [-0.05, 0) is 47.7 Å². The summed E-state index contributed by atoms with van der Waals surface area (Å²) < 4.78 is 0. The number of thiophene rings is 1. The highest BCUT2D eigenvalue weighted by Crippen LogP contribution is 2.15. The molecule has 0 unspecified atom stereocenters. The van der Waals surface area contributed by atoms with Crippen LogP contribution in [0.4, 0.5) is 0 Å². The van der Waals surface area contributed by atoms with Crippen molar-refractivity contribution in [3.63, 3.8) is 0 Å². The molecular weight excluding hydrogens is 296 g/mol. The molecule has 116 valence electrons. The minimum absolute atomic E-state index is 0.0875. The number of carbonyl (C=O) groups excluding carboxylic acids is 1. The van der Waals surface area contributed by atoms with Gasteiger partial charge in [-0.2, -0.15) is 11.3 Å². The molecule has 1 aliphatic heterocycles. The number of nitrogens with zero attached hydrogens (tertiary/aromatic N) is 3. The lowest BCUT2D eigenvalue weighted by atomic mass is 10.1. The number of carbonyl (C=O) groups is 1. The third kappa shape index (κ3) is 3.90. The number of fused-ring (bicyclic) bond motifs is 1. The summed E-state index contributed by atoms with van der Waals surface area (Å²) in [5, 5.41) is 7.18. The molecule has 1 amide bonds. The van der Waals surface area contributed by atoms with E-state index < -0.39 is 0 Å². The highest BCUT2D eigenvalue weighted by molar-refractivity contribution is 7.07. The molecule has 2 aromatic heterocycles. The van der Waals surface area contributed by atoms with Crippen molar-refractivity contribution in [1.29, 1.82) is 0 Å². The fourth-order valence-electron chi connectivity index (χ4n) is 2.63.